The van der Waals surface area contributed by atoms with Gasteiger partial charge in [-0.05, 0) is 11.5 Å². The van der Waals surface area contributed by atoms with Crippen molar-refractivity contribution < 1.29 is 9.26 Å². The van der Waals surface area contributed by atoms with Crippen LogP contribution in [0, 0.1) is 5.92 Å². The summed E-state index contributed by atoms with van der Waals surface area (Å²) in [5.74, 6) is 1.81. The van der Waals surface area contributed by atoms with E-state index < -0.39 is 0 Å². The average Bonchev–Trinajstić information content (AvgIpc) is 2.88. The molecule has 108 valence electrons. The zero-order chi connectivity index (χ0) is 14.2. The summed E-state index contributed by atoms with van der Waals surface area (Å²) in [4.78, 5) is 4.38. The summed E-state index contributed by atoms with van der Waals surface area (Å²) in [6.07, 6.45) is 0.699. The van der Waals surface area contributed by atoms with Gasteiger partial charge < -0.3 is 14.6 Å². The third kappa shape index (κ3) is 4.75. The van der Waals surface area contributed by atoms with Gasteiger partial charge in [-0.15, -0.1) is 0 Å². The number of ether oxygens (including phenoxy) is 1. The van der Waals surface area contributed by atoms with Crippen LogP contribution in [0.3, 0.4) is 0 Å². The first-order valence-electron chi connectivity index (χ1n) is 6.83. The number of aromatic nitrogens is 2. The Bertz CT molecular complexity index is 499. The average molecular weight is 275 g/mol. The van der Waals surface area contributed by atoms with Crippen LogP contribution in [-0.2, 0) is 17.7 Å². The number of hydrogen-bond donors (Lipinski definition) is 1. The number of nitrogens with zero attached hydrogens (tertiary/aromatic N) is 2. The molecule has 1 atom stereocenters. The van der Waals surface area contributed by atoms with E-state index in [2.05, 4.69) is 34.5 Å². The van der Waals surface area contributed by atoms with E-state index >= 15 is 0 Å². The lowest BCUT2D eigenvalue weighted by Crippen LogP contribution is -2.23. The Hall–Kier alpha value is -1.72. The van der Waals surface area contributed by atoms with Gasteiger partial charge in [0, 0.05) is 26.7 Å². The molecule has 1 aromatic heterocycles. The van der Waals surface area contributed by atoms with Crippen LogP contribution < -0.4 is 5.32 Å². The van der Waals surface area contributed by atoms with E-state index in [1.165, 1.54) is 5.56 Å². The van der Waals surface area contributed by atoms with Crippen molar-refractivity contribution in [1.29, 1.82) is 0 Å². The molecule has 2 rings (SSSR count). The highest BCUT2D eigenvalue weighted by Crippen LogP contribution is 2.06. The van der Waals surface area contributed by atoms with Gasteiger partial charge >= 0.3 is 0 Å². The summed E-state index contributed by atoms with van der Waals surface area (Å²) < 4.78 is 10.3. The van der Waals surface area contributed by atoms with Gasteiger partial charge in [0.05, 0.1) is 6.54 Å². The molecule has 1 N–H and O–H groups in total. The lowest BCUT2D eigenvalue weighted by atomic mass is 10.1. The molecular formula is C15H21N3O2. The first kappa shape index (κ1) is 14.7. The SMILES string of the molecule is COCC(C)CNCc1nc(Cc2ccccc2)no1. The van der Waals surface area contributed by atoms with E-state index in [1.807, 2.05) is 18.2 Å². The Morgan fingerprint density at radius 3 is 2.85 bits per heavy atom. The number of hydrogen-bond acceptors (Lipinski definition) is 5. The van der Waals surface area contributed by atoms with Gasteiger partial charge in [0.2, 0.25) is 5.89 Å². The van der Waals surface area contributed by atoms with Crippen molar-refractivity contribution in [1.82, 2.24) is 15.5 Å². The maximum absolute atomic E-state index is 5.22. The Kier molecular flexibility index (Phi) is 5.70. The summed E-state index contributed by atoms with van der Waals surface area (Å²) in [7, 11) is 1.71. The Labute approximate surface area is 119 Å². The van der Waals surface area contributed by atoms with Crippen molar-refractivity contribution in [2.24, 2.45) is 5.92 Å². The summed E-state index contributed by atoms with van der Waals surface area (Å²) >= 11 is 0. The van der Waals surface area contributed by atoms with Crippen LogP contribution in [0.5, 0.6) is 0 Å². The third-order valence-corrected chi connectivity index (χ3v) is 2.94. The third-order valence-electron chi connectivity index (χ3n) is 2.94. The highest BCUT2D eigenvalue weighted by atomic mass is 16.5. The Balaban J connectivity index is 1.78. The van der Waals surface area contributed by atoms with Gasteiger partial charge in [-0.1, -0.05) is 42.4 Å². The van der Waals surface area contributed by atoms with Gasteiger partial charge in [-0.2, -0.15) is 4.98 Å². The fraction of sp³-hybridized carbons (Fsp3) is 0.467. The molecule has 0 bridgehead atoms. The Morgan fingerprint density at radius 2 is 2.10 bits per heavy atom. The lowest BCUT2D eigenvalue weighted by Gasteiger charge is -2.09. The van der Waals surface area contributed by atoms with E-state index in [0.717, 1.165) is 19.0 Å². The molecule has 0 aliphatic carbocycles. The molecule has 5 nitrogen and oxygen atoms in total. The van der Waals surface area contributed by atoms with Gasteiger partial charge in [0.15, 0.2) is 5.82 Å². The van der Waals surface area contributed by atoms with E-state index in [0.29, 0.717) is 24.8 Å². The van der Waals surface area contributed by atoms with Gasteiger partial charge in [-0.3, -0.25) is 0 Å². The molecule has 0 spiro atoms. The summed E-state index contributed by atoms with van der Waals surface area (Å²) in [6.45, 7) is 4.33. The zero-order valence-corrected chi connectivity index (χ0v) is 12.0. The normalized spacial score (nSPS) is 12.5. The molecule has 0 radical (unpaired) electrons. The van der Waals surface area contributed by atoms with Crippen LogP contribution >= 0.6 is 0 Å². The fourth-order valence-electron chi connectivity index (χ4n) is 1.98. The van der Waals surface area contributed by atoms with Gasteiger partial charge in [-0.25, -0.2) is 0 Å². The molecule has 0 aliphatic heterocycles. The van der Waals surface area contributed by atoms with Crippen LogP contribution in [0.2, 0.25) is 0 Å². The van der Waals surface area contributed by atoms with Crippen molar-refractivity contribution in [3.8, 4) is 0 Å². The largest absolute Gasteiger partial charge is 0.384 e. The van der Waals surface area contributed by atoms with Crippen LogP contribution in [0.15, 0.2) is 34.9 Å². The maximum atomic E-state index is 5.22. The minimum atomic E-state index is 0.465. The second kappa shape index (κ2) is 7.77. The van der Waals surface area contributed by atoms with E-state index in [-0.39, 0.29) is 0 Å². The molecule has 5 heteroatoms. The van der Waals surface area contributed by atoms with Crippen molar-refractivity contribution in [2.45, 2.75) is 19.9 Å². The monoisotopic (exact) mass is 275 g/mol. The summed E-state index contributed by atoms with van der Waals surface area (Å²) in [6, 6.07) is 10.1. The molecular weight excluding hydrogens is 254 g/mol. The number of benzene rings is 1. The van der Waals surface area contributed by atoms with Crippen molar-refractivity contribution in [2.75, 3.05) is 20.3 Å². The molecule has 1 heterocycles. The minimum absolute atomic E-state index is 0.465. The molecule has 1 aromatic carbocycles. The summed E-state index contributed by atoms with van der Waals surface area (Å²) in [5, 5.41) is 7.28. The van der Waals surface area contributed by atoms with Crippen molar-refractivity contribution in [3.05, 3.63) is 47.6 Å². The lowest BCUT2D eigenvalue weighted by molar-refractivity contribution is 0.158. The molecule has 0 amide bonds. The topological polar surface area (TPSA) is 60.2 Å². The molecule has 0 aliphatic rings. The van der Waals surface area contributed by atoms with Crippen LogP contribution in [0.25, 0.3) is 0 Å². The quantitative estimate of drug-likeness (QED) is 0.799. The second-order valence-corrected chi connectivity index (χ2v) is 4.96. The second-order valence-electron chi connectivity index (χ2n) is 4.96. The van der Waals surface area contributed by atoms with E-state index in [1.54, 1.807) is 7.11 Å². The van der Waals surface area contributed by atoms with Crippen molar-refractivity contribution in [3.63, 3.8) is 0 Å². The maximum Gasteiger partial charge on any atom is 0.240 e. The number of methoxy groups -OCH3 is 1. The van der Waals surface area contributed by atoms with Gasteiger partial charge in [0.25, 0.3) is 0 Å². The standard InChI is InChI=1S/C15H21N3O2/c1-12(11-19-2)9-16-10-15-17-14(18-20-15)8-13-6-4-3-5-7-13/h3-7,12,16H,8-11H2,1-2H3. The zero-order valence-electron chi connectivity index (χ0n) is 12.0. The highest BCUT2D eigenvalue weighted by molar-refractivity contribution is 5.18. The minimum Gasteiger partial charge on any atom is -0.384 e. The molecule has 0 saturated heterocycles. The van der Waals surface area contributed by atoms with E-state index in [4.69, 9.17) is 9.26 Å². The molecule has 20 heavy (non-hydrogen) atoms. The fourth-order valence-corrected chi connectivity index (χ4v) is 1.98. The highest BCUT2D eigenvalue weighted by Gasteiger charge is 2.07. The molecule has 2 aromatic rings. The van der Waals surface area contributed by atoms with Crippen LogP contribution in [0.4, 0.5) is 0 Å². The predicted molar refractivity (Wildman–Crippen MR) is 76.3 cm³/mol. The summed E-state index contributed by atoms with van der Waals surface area (Å²) in [5.41, 5.74) is 1.18. The first-order chi connectivity index (χ1) is 9.78. The number of nitrogens with one attached hydrogen (secondary N) is 1. The molecule has 1 unspecified atom stereocenters. The Morgan fingerprint density at radius 1 is 1.30 bits per heavy atom. The first-order valence-corrected chi connectivity index (χ1v) is 6.83. The number of rotatable bonds is 8. The smallest absolute Gasteiger partial charge is 0.240 e. The van der Waals surface area contributed by atoms with Crippen LogP contribution in [-0.4, -0.2) is 30.4 Å². The van der Waals surface area contributed by atoms with Crippen molar-refractivity contribution >= 4 is 0 Å². The van der Waals surface area contributed by atoms with Crippen LogP contribution in [0.1, 0.15) is 24.2 Å². The predicted octanol–water partition coefficient (Wildman–Crippen LogP) is 2.03. The van der Waals surface area contributed by atoms with Gasteiger partial charge in [0.1, 0.15) is 0 Å². The van der Waals surface area contributed by atoms with E-state index in [9.17, 15) is 0 Å². The molecule has 0 saturated carbocycles. The molecule has 0 fully saturated rings.